The Labute approximate surface area is 98.4 Å². The summed E-state index contributed by atoms with van der Waals surface area (Å²) in [7, 11) is 2.21. The minimum Gasteiger partial charge on any atom is -0.306 e. The van der Waals surface area contributed by atoms with E-state index in [0.29, 0.717) is 0 Å². The zero-order valence-electron chi connectivity index (χ0n) is 9.90. The second-order valence-electron chi connectivity index (χ2n) is 4.11. The van der Waals surface area contributed by atoms with E-state index in [-0.39, 0.29) is 0 Å². The molecule has 1 nitrogen and oxygen atoms in total. The molecule has 0 atom stereocenters. The van der Waals surface area contributed by atoms with E-state index in [9.17, 15) is 0 Å². The summed E-state index contributed by atoms with van der Waals surface area (Å²) in [5.41, 5.74) is 0. The maximum Gasteiger partial charge on any atom is 0.0159 e. The molecular formula is C12H26BrN. The quantitative estimate of drug-likeness (QED) is 0.425. The first kappa shape index (κ1) is 14.4. The van der Waals surface area contributed by atoms with Gasteiger partial charge >= 0.3 is 0 Å². The topological polar surface area (TPSA) is 3.24 Å². The third-order valence-electron chi connectivity index (χ3n) is 2.61. The van der Waals surface area contributed by atoms with Crippen LogP contribution in [-0.2, 0) is 0 Å². The summed E-state index contributed by atoms with van der Waals surface area (Å²) in [6.07, 6.45) is 9.87. The van der Waals surface area contributed by atoms with E-state index in [0.717, 1.165) is 5.33 Å². The Kier molecular flexibility index (Phi) is 11.9. The number of nitrogens with zero attached hydrogens (tertiary/aromatic N) is 1. The molecule has 0 amide bonds. The molecule has 0 spiro atoms. The monoisotopic (exact) mass is 263 g/mol. The number of unbranched alkanes of at least 4 members (excludes halogenated alkanes) is 6. The molecule has 0 aliphatic rings. The van der Waals surface area contributed by atoms with Crippen molar-refractivity contribution in [3.05, 3.63) is 0 Å². The maximum atomic E-state index is 3.46. The third-order valence-corrected chi connectivity index (χ3v) is 2.96. The number of hydrogen-bond acceptors (Lipinski definition) is 1. The summed E-state index contributed by atoms with van der Waals surface area (Å²) < 4.78 is 0. The Bertz CT molecular complexity index is 106. The second-order valence-corrected chi connectivity index (χ2v) is 4.91. The molecule has 0 heterocycles. The molecule has 0 unspecified atom stereocenters. The molecule has 0 aromatic rings. The second kappa shape index (κ2) is 11.5. The van der Waals surface area contributed by atoms with Gasteiger partial charge < -0.3 is 4.90 Å². The minimum absolute atomic E-state index is 1.10. The average molecular weight is 264 g/mol. The van der Waals surface area contributed by atoms with Crippen LogP contribution in [0.3, 0.4) is 0 Å². The lowest BCUT2D eigenvalue weighted by Gasteiger charge is -2.14. The largest absolute Gasteiger partial charge is 0.306 e. The number of rotatable bonds is 10. The predicted molar refractivity (Wildman–Crippen MR) is 69.3 cm³/mol. The van der Waals surface area contributed by atoms with Crippen LogP contribution < -0.4 is 0 Å². The third kappa shape index (κ3) is 10.5. The molecule has 0 saturated heterocycles. The molecule has 0 aromatic carbocycles. The lowest BCUT2D eigenvalue weighted by Crippen LogP contribution is -2.21. The van der Waals surface area contributed by atoms with Gasteiger partial charge in [-0.15, -0.1) is 0 Å². The number of alkyl halides is 1. The Balaban J connectivity index is 2.98. The minimum atomic E-state index is 1.10. The molecule has 86 valence electrons. The first-order valence-corrected chi connectivity index (χ1v) is 7.18. The summed E-state index contributed by atoms with van der Waals surface area (Å²) >= 11 is 3.46. The summed E-state index contributed by atoms with van der Waals surface area (Å²) in [5, 5.41) is 1.10. The number of halogens is 1. The smallest absolute Gasteiger partial charge is 0.0159 e. The zero-order valence-corrected chi connectivity index (χ0v) is 11.5. The van der Waals surface area contributed by atoms with Crippen LogP contribution in [0.4, 0.5) is 0 Å². The van der Waals surface area contributed by atoms with Crippen molar-refractivity contribution < 1.29 is 0 Å². The highest BCUT2D eigenvalue weighted by Crippen LogP contribution is 2.07. The van der Waals surface area contributed by atoms with Crippen molar-refractivity contribution in [2.45, 2.75) is 51.9 Å². The van der Waals surface area contributed by atoms with Crippen LogP contribution in [0.2, 0.25) is 0 Å². The summed E-state index contributed by atoms with van der Waals surface area (Å²) in [6, 6.07) is 0. The Hall–Kier alpha value is 0.440. The lowest BCUT2D eigenvalue weighted by atomic mass is 10.1. The molecule has 0 saturated carbocycles. The fourth-order valence-electron chi connectivity index (χ4n) is 1.59. The summed E-state index contributed by atoms with van der Waals surface area (Å²) in [5.74, 6) is 0. The standard InChI is InChI=1S/C12H26BrN/c1-3-4-5-6-7-8-9-11-14(2)12-10-13/h3-12H2,1-2H3. The molecule has 14 heavy (non-hydrogen) atoms. The van der Waals surface area contributed by atoms with Gasteiger partial charge in [-0.05, 0) is 20.0 Å². The van der Waals surface area contributed by atoms with Gasteiger partial charge in [0.05, 0.1) is 0 Å². The van der Waals surface area contributed by atoms with Gasteiger partial charge in [0.1, 0.15) is 0 Å². The molecule has 0 aliphatic heterocycles. The van der Waals surface area contributed by atoms with Crippen LogP contribution >= 0.6 is 15.9 Å². The van der Waals surface area contributed by atoms with Gasteiger partial charge in [-0.2, -0.15) is 0 Å². The zero-order chi connectivity index (χ0) is 10.6. The molecule has 0 aliphatic carbocycles. The van der Waals surface area contributed by atoms with Crippen molar-refractivity contribution in [2.75, 3.05) is 25.5 Å². The molecule has 0 aromatic heterocycles. The molecule has 0 N–H and O–H groups in total. The van der Waals surface area contributed by atoms with E-state index in [2.05, 4.69) is 34.8 Å². The average Bonchev–Trinajstić information content (AvgIpc) is 2.17. The van der Waals surface area contributed by atoms with Crippen LogP contribution in [0.15, 0.2) is 0 Å². The Morgan fingerprint density at radius 2 is 1.43 bits per heavy atom. The van der Waals surface area contributed by atoms with Crippen molar-refractivity contribution >= 4 is 15.9 Å². The normalized spacial score (nSPS) is 11.1. The van der Waals surface area contributed by atoms with Gasteiger partial charge in [-0.25, -0.2) is 0 Å². The highest BCUT2D eigenvalue weighted by Gasteiger charge is 1.96. The van der Waals surface area contributed by atoms with E-state index in [1.54, 1.807) is 0 Å². The molecule has 0 rings (SSSR count). The van der Waals surface area contributed by atoms with Gasteiger partial charge in [0.25, 0.3) is 0 Å². The number of hydrogen-bond donors (Lipinski definition) is 0. The van der Waals surface area contributed by atoms with E-state index in [4.69, 9.17) is 0 Å². The van der Waals surface area contributed by atoms with E-state index >= 15 is 0 Å². The SMILES string of the molecule is CCCCCCCCCN(C)CCBr. The lowest BCUT2D eigenvalue weighted by molar-refractivity contribution is 0.344. The highest BCUT2D eigenvalue weighted by atomic mass is 79.9. The highest BCUT2D eigenvalue weighted by molar-refractivity contribution is 9.09. The van der Waals surface area contributed by atoms with Crippen LogP contribution in [-0.4, -0.2) is 30.4 Å². The fourth-order valence-corrected chi connectivity index (χ4v) is 2.20. The van der Waals surface area contributed by atoms with Crippen LogP contribution in [0.25, 0.3) is 0 Å². The van der Waals surface area contributed by atoms with Gasteiger partial charge in [0, 0.05) is 11.9 Å². The first-order valence-electron chi connectivity index (χ1n) is 6.05. The van der Waals surface area contributed by atoms with Crippen molar-refractivity contribution in [2.24, 2.45) is 0 Å². The predicted octanol–water partition coefficient (Wildman–Crippen LogP) is 4.06. The Morgan fingerprint density at radius 3 is 2.00 bits per heavy atom. The van der Waals surface area contributed by atoms with Crippen LogP contribution in [0, 0.1) is 0 Å². The molecule has 0 radical (unpaired) electrons. The maximum absolute atomic E-state index is 3.46. The van der Waals surface area contributed by atoms with E-state index in [1.165, 1.54) is 58.0 Å². The molecule has 0 bridgehead atoms. The van der Waals surface area contributed by atoms with Gasteiger partial charge in [0.15, 0.2) is 0 Å². The van der Waals surface area contributed by atoms with Gasteiger partial charge in [-0.3, -0.25) is 0 Å². The fraction of sp³-hybridized carbons (Fsp3) is 1.00. The van der Waals surface area contributed by atoms with Gasteiger partial charge in [0.2, 0.25) is 0 Å². The van der Waals surface area contributed by atoms with Crippen molar-refractivity contribution in [3.63, 3.8) is 0 Å². The van der Waals surface area contributed by atoms with Crippen LogP contribution in [0.1, 0.15) is 51.9 Å². The molecule has 0 fully saturated rings. The Morgan fingerprint density at radius 1 is 0.857 bits per heavy atom. The van der Waals surface area contributed by atoms with Crippen LogP contribution in [0.5, 0.6) is 0 Å². The van der Waals surface area contributed by atoms with Gasteiger partial charge in [-0.1, -0.05) is 61.4 Å². The van der Waals surface area contributed by atoms with Crippen molar-refractivity contribution in [1.82, 2.24) is 4.90 Å². The summed E-state index contributed by atoms with van der Waals surface area (Å²) in [6.45, 7) is 4.71. The van der Waals surface area contributed by atoms with E-state index in [1.807, 2.05) is 0 Å². The molecule has 2 heteroatoms. The first-order chi connectivity index (χ1) is 6.81. The summed E-state index contributed by atoms with van der Waals surface area (Å²) in [4.78, 5) is 2.40. The van der Waals surface area contributed by atoms with Crippen molar-refractivity contribution in [1.29, 1.82) is 0 Å². The van der Waals surface area contributed by atoms with E-state index < -0.39 is 0 Å². The molecular weight excluding hydrogens is 238 g/mol. The van der Waals surface area contributed by atoms with Crippen molar-refractivity contribution in [3.8, 4) is 0 Å².